The molecule has 1 aliphatic rings. The van der Waals surface area contributed by atoms with Crippen molar-refractivity contribution in [2.24, 2.45) is 0 Å². The van der Waals surface area contributed by atoms with Gasteiger partial charge in [-0.1, -0.05) is 0 Å². The number of ether oxygens (including phenoxy) is 1. The number of anilines is 1. The molecule has 0 amide bonds. The molecular formula is C19H22FN5O2. The summed E-state index contributed by atoms with van der Waals surface area (Å²) in [6.45, 7) is 3.82. The SMILES string of the molecule is CNc1nc2c([C@H]3CCCO3)c(F)c(-c3cnc(C(C)(C)O)nc3)cc2[nH]1. The summed E-state index contributed by atoms with van der Waals surface area (Å²) in [5.41, 5.74) is 1.50. The number of benzene rings is 1. The summed E-state index contributed by atoms with van der Waals surface area (Å²) in [5, 5.41) is 13.0. The second kappa shape index (κ2) is 6.54. The molecule has 1 atom stereocenters. The number of imidazole rings is 1. The van der Waals surface area contributed by atoms with E-state index in [-0.39, 0.29) is 17.7 Å². The lowest BCUT2D eigenvalue weighted by Gasteiger charge is -2.16. The van der Waals surface area contributed by atoms with E-state index in [0.717, 1.165) is 12.8 Å². The first kappa shape index (κ1) is 17.8. The normalized spacial score (nSPS) is 17.6. The van der Waals surface area contributed by atoms with Gasteiger partial charge in [0.25, 0.3) is 0 Å². The van der Waals surface area contributed by atoms with Crippen molar-refractivity contribution < 1.29 is 14.2 Å². The molecule has 1 fully saturated rings. The molecule has 27 heavy (non-hydrogen) atoms. The Morgan fingerprint density at radius 2 is 2.07 bits per heavy atom. The Labute approximate surface area is 156 Å². The molecule has 3 heterocycles. The van der Waals surface area contributed by atoms with Gasteiger partial charge in [0, 0.05) is 42.7 Å². The summed E-state index contributed by atoms with van der Waals surface area (Å²) < 4.78 is 21.3. The van der Waals surface area contributed by atoms with Gasteiger partial charge >= 0.3 is 0 Å². The van der Waals surface area contributed by atoms with Crippen LogP contribution < -0.4 is 5.32 Å². The van der Waals surface area contributed by atoms with Crippen LogP contribution in [0, 0.1) is 5.82 Å². The molecule has 0 bridgehead atoms. The van der Waals surface area contributed by atoms with E-state index in [1.807, 2.05) is 0 Å². The van der Waals surface area contributed by atoms with Crippen LogP contribution in [-0.2, 0) is 10.3 Å². The number of halogens is 1. The number of H-pyrrole nitrogens is 1. The van der Waals surface area contributed by atoms with Crippen molar-refractivity contribution in [2.75, 3.05) is 19.0 Å². The zero-order valence-electron chi connectivity index (χ0n) is 15.5. The van der Waals surface area contributed by atoms with E-state index in [2.05, 4.69) is 25.3 Å². The Balaban J connectivity index is 1.89. The molecule has 1 aromatic carbocycles. The van der Waals surface area contributed by atoms with Crippen molar-refractivity contribution in [3.8, 4) is 11.1 Å². The van der Waals surface area contributed by atoms with Crippen LogP contribution >= 0.6 is 0 Å². The van der Waals surface area contributed by atoms with E-state index in [1.54, 1.807) is 27.0 Å². The molecule has 142 valence electrons. The molecule has 0 radical (unpaired) electrons. The number of rotatable bonds is 4. The highest BCUT2D eigenvalue weighted by molar-refractivity contribution is 5.87. The second-order valence-electron chi connectivity index (χ2n) is 7.24. The van der Waals surface area contributed by atoms with E-state index < -0.39 is 5.60 Å². The first-order chi connectivity index (χ1) is 12.9. The van der Waals surface area contributed by atoms with E-state index in [9.17, 15) is 5.11 Å². The molecule has 7 nitrogen and oxygen atoms in total. The lowest BCUT2D eigenvalue weighted by molar-refractivity contribution is 0.0687. The van der Waals surface area contributed by atoms with Gasteiger partial charge in [0.1, 0.15) is 11.4 Å². The highest BCUT2D eigenvalue weighted by Crippen LogP contribution is 2.39. The topological polar surface area (TPSA) is 96.0 Å². The van der Waals surface area contributed by atoms with Crippen molar-refractivity contribution >= 4 is 17.0 Å². The fourth-order valence-corrected chi connectivity index (χ4v) is 3.36. The van der Waals surface area contributed by atoms with Crippen molar-refractivity contribution in [2.45, 2.75) is 38.4 Å². The number of nitrogens with one attached hydrogen (secondary N) is 2. The molecule has 2 aromatic heterocycles. The standard InChI is InChI=1S/C19H22FN5O2/c1-19(2,26)17-22-8-10(9-23-17)11-7-12-16(25-18(21-3)24-12)14(15(11)20)13-5-4-6-27-13/h7-9,13,26H,4-6H2,1-3H3,(H2,21,24,25)/t13-/m1/s1. The van der Waals surface area contributed by atoms with Gasteiger partial charge in [-0.25, -0.2) is 19.3 Å². The maximum atomic E-state index is 15.5. The Hall–Kier alpha value is -2.58. The maximum Gasteiger partial charge on any atom is 0.200 e. The summed E-state index contributed by atoms with van der Waals surface area (Å²) in [5.74, 6) is 0.476. The Morgan fingerprint density at radius 3 is 2.67 bits per heavy atom. The molecule has 8 heteroatoms. The summed E-state index contributed by atoms with van der Waals surface area (Å²) in [4.78, 5) is 16.0. The maximum absolute atomic E-state index is 15.5. The molecule has 0 saturated carbocycles. The largest absolute Gasteiger partial charge is 0.382 e. The quantitative estimate of drug-likeness (QED) is 0.651. The minimum absolute atomic E-state index is 0.283. The molecule has 1 aliphatic heterocycles. The Kier molecular flexibility index (Phi) is 4.32. The second-order valence-corrected chi connectivity index (χ2v) is 7.24. The fraction of sp³-hybridized carbons (Fsp3) is 0.421. The number of fused-ring (bicyclic) bond motifs is 1. The van der Waals surface area contributed by atoms with Crippen LogP contribution in [0.2, 0.25) is 0 Å². The zero-order chi connectivity index (χ0) is 19.2. The number of aromatic amines is 1. The first-order valence-corrected chi connectivity index (χ1v) is 8.95. The van der Waals surface area contributed by atoms with Gasteiger partial charge in [-0.15, -0.1) is 0 Å². The van der Waals surface area contributed by atoms with Gasteiger partial charge in [-0.05, 0) is 32.8 Å². The van der Waals surface area contributed by atoms with E-state index in [0.29, 0.717) is 40.3 Å². The van der Waals surface area contributed by atoms with Gasteiger partial charge in [0.15, 0.2) is 5.82 Å². The van der Waals surface area contributed by atoms with Crippen LogP contribution in [-0.4, -0.2) is 38.7 Å². The summed E-state index contributed by atoms with van der Waals surface area (Å²) in [6, 6.07) is 1.71. The third kappa shape index (κ3) is 3.15. The average Bonchev–Trinajstić information content (AvgIpc) is 3.30. The van der Waals surface area contributed by atoms with Crippen LogP contribution in [0.15, 0.2) is 18.5 Å². The molecule has 3 aromatic rings. The summed E-state index contributed by atoms with van der Waals surface area (Å²) in [7, 11) is 1.75. The molecule has 0 unspecified atom stereocenters. The number of aliphatic hydroxyl groups is 1. The Morgan fingerprint density at radius 1 is 1.33 bits per heavy atom. The number of hydrogen-bond acceptors (Lipinski definition) is 6. The predicted molar refractivity (Wildman–Crippen MR) is 99.8 cm³/mol. The molecule has 3 N–H and O–H groups in total. The zero-order valence-corrected chi connectivity index (χ0v) is 15.5. The van der Waals surface area contributed by atoms with Gasteiger partial charge in [-0.2, -0.15) is 0 Å². The van der Waals surface area contributed by atoms with Crippen molar-refractivity contribution in [1.29, 1.82) is 0 Å². The number of hydrogen-bond donors (Lipinski definition) is 3. The molecule has 4 rings (SSSR count). The summed E-state index contributed by atoms with van der Waals surface area (Å²) in [6.07, 6.45) is 4.38. The Bertz CT molecular complexity index is 972. The van der Waals surface area contributed by atoms with Crippen LogP contribution in [0.3, 0.4) is 0 Å². The van der Waals surface area contributed by atoms with Crippen molar-refractivity contribution in [1.82, 2.24) is 19.9 Å². The predicted octanol–water partition coefficient (Wildman–Crippen LogP) is 3.28. The van der Waals surface area contributed by atoms with Gasteiger partial charge in [0.05, 0.1) is 17.1 Å². The van der Waals surface area contributed by atoms with E-state index >= 15 is 4.39 Å². The van der Waals surface area contributed by atoms with Crippen molar-refractivity contribution in [3.63, 3.8) is 0 Å². The first-order valence-electron chi connectivity index (χ1n) is 8.95. The molecule has 0 aliphatic carbocycles. The smallest absolute Gasteiger partial charge is 0.200 e. The third-order valence-electron chi connectivity index (χ3n) is 4.75. The van der Waals surface area contributed by atoms with Gasteiger partial charge < -0.3 is 20.1 Å². The third-order valence-corrected chi connectivity index (χ3v) is 4.75. The highest BCUT2D eigenvalue weighted by atomic mass is 19.1. The van der Waals surface area contributed by atoms with Crippen LogP contribution in [0.5, 0.6) is 0 Å². The fourth-order valence-electron chi connectivity index (χ4n) is 3.36. The van der Waals surface area contributed by atoms with Gasteiger partial charge in [-0.3, -0.25) is 0 Å². The number of nitrogens with zero attached hydrogens (tertiary/aromatic N) is 3. The minimum Gasteiger partial charge on any atom is -0.382 e. The highest BCUT2D eigenvalue weighted by Gasteiger charge is 2.28. The lowest BCUT2D eigenvalue weighted by Crippen LogP contribution is -2.19. The lowest BCUT2D eigenvalue weighted by atomic mass is 9.98. The van der Waals surface area contributed by atoms with Crippen LogP contribution in [0.25, 0.3) is 22.2 Å². The van der Waals surface area contributed by atoms with Crippen LogP contribution in [0.1, 0.15) is 44.2 Å². The van der Waals surface area contributed by atoms with E-state index in [1.165, 1.54) is 12.4 Å². The summed E-state index contributed by atoms with van der Waals surface area (Å²) >= 11 is 0. The van der Waals surface area contributed by atoms with Crippen LogP contribution in [0.4, 0.5) is 10.3 Å². The molecule has 1 saturated heterocycles. The minimum atomic E-state index is -1.16. The average molecular weight is 371 g/mol. The molecule has 0 spiro atoms. The monoisotopic (exact) mass is 371 g/mol. The van der Waals surface area contributed by atoms with E-state index in [4.69, 9.17) is 4.74 Å². The van der Waals surface area contributed by atoms with Gasteiger partial charge in [0.2, 0.25) is 5.95 Å². The van der Waals surface area contributed by atoms with Crippen molar-refractivity contribution in [3.05, 3.63) is 35.7 Å². The number of aromatic nitrogens is 4. The molecular weight excluding hydrogens is 349 g/mol.